The first kappa shape index (κ1) is 15.0. The summed E-state index contributed by atoms with van der Waals surface area (Å²) < 4.78 is 8.60. The third-order valence-electron chi connectivity index (χ3n) is 3.43. The van der Waals surface area contributed by atoms with Gasteiger partial charge in [-0.1, -0.05) is 0 Å². The molecule has 4 heteroatoms. The minimum absolute atomic E-state index is 1.18. The Bertz CT molecular complexity index is 314. The molecule has 0 fully saturated rings. The van der Waals surface area contributed by atoms with Crippen molar-refractivity contribution < 1.29 is 0 Å². The molecule has 1 rings (SSSR count). The van der Waals surface area contributed by atoms with Crippen LogP contribution in [0.4, 0.5) is 0 Å². The first-order valence-corrected chi connectivity index (χ1v) is 11.8. The summed E-state index contributed by atoms with van der Waals surface area (Å²) in [5.41, 5.74) is 1.44. The van der Waals surface area contributed by atoms with E-state index in [0.29, 0.717) is 0 Å². The molecule has 1 aromatic rings. The van der Waals surface area contributed by atoms with Crippen LogP contribution >= 0.6 is 0 Å². The van der Waals surface area contributed by atoms with Crippen molar-refractivity contribution in [1.29, 1.82) is 0 Å². The van der Waals surface area contributed by atoms with E-state index in [-0.39, 0.29) is 0 Å². The molecular formula is C13H25N3Sn. The Labute approximate surface area is 111 Å². The molecule has 96 valence electrons. The second-order valence-electron chi connectivity index (χ2n) is 5.12. The van der Waals surface area contributed by atoms with Gasteiger partial charge in [-0.25, -0.2) is 0 Å². The number of hydrogen-bond acceptors (Lipinski definition) is 3. The number of rotatable bonds is 5. The summed E-state index contributed by atoms with van der Waals surface area (Å²) in [5.74, 6) is 0. The Hall–Kier alpha value is -0.101. The van der Waals surface area contributed by atoms with Gasteiger partial charge >= 0.3 is 111 Å². The molecule has 0 aliphatic heterocycles. The van der Waals surface area contributed by atoms with Crippen molar-refractivity contribution in [3.8, 4) is 0 Å². The molecule has 0 saturated carbocycles. The molecule has 0 aliphatic carbocycles. The zero-order chi connectivity index (χ0) is 13.1. The van der Waals surface area contributed by atoms with Crippen LogP contribution in [0.3, 0.4) is 0 Å². The topological polar surface area (TPSA) is 9.72 Å². The Balaban J connectivity index is 3.07. The Morgan fingerprint density at radius 2 is 1.18 bits per heavy atom. The van der Waals surface area contributed by atoms with Gasteiger partial charge in [-0.15, -0.1) is 0 Å². The van der Waals surface area contributed by atoms with Crippen molar-refractivity contribution in [2.24, 2.45) is 0 Å². The summed E-state index contributed by atoms with van der Waals surface area (Å²) in [6, 6.07) is 10.8. The summed E-state index contributed by atoms with van der Waals surface area (Å²) in [4.78, 5) is 0. The van der Waals surface area contributed by atoms with Gasteiger partial charge in [-0.2, -0.15) is 0 Å². The second-order valence-corrected chi connectivity index (χ2v) is 18.2. The third-order valence-corrected chi connectivity index (χ3v) is 18.2. The van der Waals surface area contributed by atoms with Crippen molar-refractivity contribution in [2.45, 2.75) is 4.44 Å². The van der Waals surface area contributed by atoms with Gasteiger partial charge in [0.1, 0.15) is 0 Å². The summed E-state index contributed by atoms with van der Waals surface area (Å²) in [6.45, 7) is 0. The van der Waals surface area contributed by atoms with E-state index in [9.17, 15) is 0 Å². The molecule has 1 aromatic carbocycles. The van der Waals surface area contributed by atoms with Crippen LogP contribution in [0.1, 0.15) is 5.56 Å². The molecule has 0 saturated heterocycles. The molecule has 0 aliphatic rings. The summed E-state index contributed by atoms with van der Waals surface area (Å²) in [7, 11) is 13.3. The van der Waals surface area contributed by atoms with Crippen molar-refractivity contribution in [3.05, 3.63) is 35.9 Å². The van der Waals surface area contributed by atoms with Gasteiger partial charge in [0.25, 0.3) is 0 Å². The number of hydrogen-bond donors (Lipinski definition) is 0. The van der Waals surface area contributed by atoms with Crippen LogP contribution in [-0.2, 0) is 4.44 Å². The number of nitrogens with zero attached hydrogens (tertiary/aromatic N) is 3. The molecule has 0 unspecified atom stereocenters. The van der Waals surface area contributed by atoms with Gasteiger partial charge in [0, 0.05) is 0 Å². The SMILES string of the molecule is C[N](C)[Sn]([CH2]c1ccccc1)([N](C)C)[N](C)C. The first-order chi connectivity index (χ1) is 7.91. The van der Waals surface area contributed by atoms with E-state index < -0.39 is 19.2 Å². The normalized spacial score (nSPS) is 12.8. The maximum atomic E-state index is 2.47. The van der Waals surface area contributed by atoms with Crippen molar-refractivity contribution >= 4 is 19.2 Å². The molecule has 3 nitrogen and oxygen atoms in total. The van der Waals surface area contributed by atoms with E-state index >= 15 is 0 Å². The van der Waals surface area contributed by atoms with Crippen LogP contribution < -0.4 is 0 Å². The van der Waals surface area contributed by atoms with Gasteiger partial charge < -0.3 is 0 Å². The Morgan fingerprint density at radius 3 is 1.53 bits per heavy atom. The molecule has 0 bridgehead atoms. The zero-order valence-corrected chi connectivity index (χ0v) is 14.8. The summed E-state index contributed by atoms with van der Waals surface area (Å²) in [6.07, 6.45) is 0. The van der Waals surface area contributed by atoms with Gasteiger partial charge in [-0.3, -0.25) is 0 Å². The average Bonchev–Trinajstić information content (AvgIpc) is 2.25. The predicted molar refractivity (Wildman–Crippen MR) is 77.0 cm³/mol. The number of benzene rings is 1. The molecule has 0 amide bonds. The fourth-order valence-electron chi connectivity index (χ4n) is 2.54. The van der Waals surface area contributed by atoms with Crippen molar-refractivity contribution in [3.63, 3.8) is 0 Å². The molecule has 17 heavy (non-hydrogen) atoms. The van der Waals surface area contributed by atoms with Crippen LogP contribution in [0.15, 0.2) is 30.3 Å². The van der Waals surface area contributed by atoms with Crippen LogP contribution in [0, 0.1) is 0 Å². The van der Waals surface area contributed by atoms with E-state index in [2.05, 4.69) is 82.0 Å². The molecule has 0 N–H and O–H groups in total. The maximum absolute atomic E-state index is 2.62. The molecule has 0 atom stereocenters. The molecule has 0 spiro atoms. The Morgan fingerprint density at radius 1 is 0.765 bits per heavy atom. The van der Waals surface area contributed by atoms with Gasteiger partial charge in [0.2, 0.25) is 0 Å². The van der Waals surface area contributed by atoms with Gasteiger partial charge in [0.05, 0.1) is 0 Å². The van der Waals surface area contributed by atoms with Crippen molar-refractivity contribution in [1.82, 2.24) is 9.36 Å². The van der Waals surface area contributed by atoms with Crippen LogP contribution in [0.25, 0.3) is 0 Å². The average molecular weight is 342 g/mol. The van der Waals surface area contributed by atoms with E-state index in [1.54, 1.807) is 0 Å². The van der Waals surface area contributed by atoms with E-state index in [4.69, 9.17) is 0 Å². The van der Waals surface area contributed by atoms with E-state index in [1.807, 2.05) is 0 Å². The summed E-state index contributed by atoms with van der Waals surface area (Å²) >= 11 is -2.62. The summed E-state index contributed by atoms with van der Waals surface area (Å²) in [5, 5.41) is 0. The monoisotopic (exact) mass is 343 g/mol. The van der Waals surface area contributed by atoms with Crippen LogP contribution in [0.2, 0.25) is 0 Å². The van der Waals surface area contributed by atoms with Gasteiger partial charge in [-0.05, 0) is 0 Å². The minimum atomic E-state index is -2.62. The standard InChI is InChI=1S/C7H7.3C2H6N.Sn/c1-7-5-3-2-4-6-7;3*1-3-2;/h2-6H,1H2;3*1-2H3;/q;3*-1;+3. The van der Waals surface area contributed by atoms with E-state index in [1.165, 1.54) is 10.0 Å². The third kappa shape index (κ3) is 3.22. The molecule has 0 radical (unpaired) electrons. The predicted octanol–water partition coefficient (Wildman–Crippen LogP) is 1.39. The second kappa shape index (κ2) is 6.18. The van der Waals surface area contributed by atoms with Crippen LogP contribution in [-0.4, -0.2) is 70.8 Å². The van der Waals surface area contributed by atoms with Crippen molar-refractivity contribution in [2.75, 3.05) is 42.3 Å². The fraction of sp³-hybridized carbons (Fsp3) is 0.538. The van der Waals surface area contributed by atoms with Crippen LogP contribution in [0.5, 0.6) is 0 Å². The van der Waals surface area contributed by atoms with Gasteiger partial charge in [0.15, 0.2) is 0 Å². The molecule has 0 aromatic heterocycles. The molecular weight excluding hydrogens is 317 g/mol. The first-order valence-electron chi connectivity index (χ1n) is 5.97. The quantitative estimate of drug-likeness (QED) is 0.749. The molecule has 0 heterocycles. The van der Waals surface area contributed by atoms with E-state index in [0.717, 1.165) is 0 Å². The Kier molecular flexibility index (Phi) is 5.44. The fourth-order valence-corrected chi connectivity index (χ4v) is 14.3. The zero-order valence-electron chi connectivity index (χ0n) is 11.9.